The number of hydrogen-bond donors (Lipinski definition) is 2. The van der Waals surface area contributed by atoms with Crippen LogP contribution in [0.4, 0.5) is 4.79 Å². The van der Waals surface area contributed by atoms with Gasteiger partial charge in [-0.2, -0.15) is 0 Å². The standard InChI is InChI=1S/C20H24N2O4/c1-12-15-7-3-4-8-16(15)26-17(12)13(2)21-19(25)22-10-14-6-5-9-20(14,11-22)18(23)24/h3-4,7-8,13-14H,5-6,9-11H2,1-2H3,(H,21,25)(H,23,24)/t13?,14-,20+/m0/s1. The number of carbonyl (C=O) groups excluding carboxylic acids is 1. The van der Waals surface area contributed by atoms with Crippen molar-refractivity contribution >= 4 is 23.0 Å². The lowest BCUT2D eigenvalue weighted by atomic mass is 9.81. The molecule has 2 heterocycles. The number of para-hydroxylation sites is 1. The Hall–Kier alpha value is -2.50. The third kappa shape index (κ3) is 2.47. The monoisotopic (exact) mass is 356 g/mol. The van der Waals surface area contributed by atoms with E-state index in [0.717, 1.165) is 35.1 Å². The van der Waals surface area contributed by atoms with E-state index in [2.05, 4.69) is 5.32 Å². The topological polar surface area (TPSA) is 82.8 Å². The van der Waals surface area contributed by atoms with Crippen LogP contribution in [0.1, 0.15) is 43.6 Å². The Kier molecular flexibility index (Phi) is 3.93. The highest BCUT2D eigenvalue weighted by Crippen LogP contribution is 2.48. The third-order valence-corrected chi connectivity index (χ3v) is 6.20. The largest absolute Gasteiger partial charge is 0.481 e. The third-order valence-electron chi connectivity index (χ3n) is 6.20. The van der Waals surface area contributed by atoms with Gasteiger partial charge in [0, 0.05) is 24.0 Å². The maximum absolute atomic E-state index is 12.7. The number of carbonyl (C=O) groups is 2. The summed E-state index contributed by atoms with van der Waals surface area (Å²) in [7, 11) is 0. The van der Waals surface area contributed by atoms with E-state index in [1.54, 1.807) is 4.90 Å². The quantitative estimate of drug-likeness (QED) is 0.878. The summed E-state index contributed by atoms with van der Waals surface area (Å²) in [6.45, 7) is 4.70. The van der Waals surface area contributed by atoms with Crippen molar-refractivity contribution < 1.29 is 19.1 Å². The van der Waals surface area contributed by atoms with E-state index in [1.165, 1.54) is 0 Å². The fourth-order valence-electron chi connectivity index (χ4n) is 4.74. The van der Waals surface area contributed by atoms with Crippen LogP contribution in [0.5, 0.6) is 0 Å². The summed E-state index contributed by atoms with van der Waals surface area (Å²) < 4.78 is 5.93. The molecule has 138 valence electrons. The van der Waals surface area contributed by atoms with Crippen LogP contribution in [0.25, 0.3) is 11.0 Å². The van der Waals surface area contributed by atoms with Crippen LogP contribution in [0.15, 0.2) is 28.7 Å². The lowest BCUT2D eigenvalue weighted by Gasteiger charge is -2.24. The van der Waals surface area contributed by atoms with Gasteiger partial charge in [-0.3, -0.25) is 4.79 Å². The molecular weight excluding hydrogens is 332 g/mol. The second-order valence-corrected chi connectivity index (χ2v) is 7.69. The molecule has 1 aliphatic heterocycles. The summed E-state index contributed by atoms with van der Waals surface area (Å²) in [5, 5.41) is 13.7. The van der Waals surface area contributed by atoms with E-state index in [-0.39, 0.29) is 18.0 Å². The van der Waals surface area contributed by atoms with E-state index in [1.807, 2.05) is 38.1 Å². The highest BCUT2D eigenvalue weighted by atomic mass is 16.4. The zero-order chi connectivity index (χ0) is 18.5. The first kappa shape index (κ1) is 16.9. The van der Waals surface area contributed by atoms with E-state index >= 15 is 0 Å². The van der Waals surface area contributed by atoms with Crippen LogP contribution in [-0.4, -0.2) is 35.1 Å². The van der Waals surface area contributed by atoms with Gasteiger partial charge < -0.3 is 19.7 Å². The molecule has 26 heavy (non-hydrogen) atoms. The predicted octanol–water partition coefficient (Wildman–Crippen LogP) is 3.70. The molecule has 2 N–H and O–H groups in total. The van der Waals surface area contributed by atoms with Crippen LogP contribution < -0.4 is 5.32 Å². The average Bonchev–Trinajstić information content (AvgIpc) is 3.26. The Labute approximate surface area is 152 Å². The van der Waals surface area contributed by atoms with Crippen molar-refractivity contribution in [3.05, 3.63) is 35.6 Å². The molecular formula is C20H24N2O4. The van der Waals surface area contributed by atoms with Crippen LogP contribution in [-0.2, 0) is 4.79 Å². The zero-order valence-electron chi connectivity index (χ0n) is 15.1. The van der Waals surface area contributed by atoms with Crippen LogP contribution >= 0.6 is 0 Å². The first-order valence-electron chi connectivity index (χ1n) is 9.19. The van der Waals surface area contributed by atoms with Gasteiger partial charge in [-0.05, 0) is 38.7 Å². The molecule has 6 nitrogen and oxygen atoms in total. The Morgan fingerprint density at radius 1 is 1.38 bits per heavy atom. The highest BCUT2D eigenvalue weighted by molar-refractivity contribution is 5.83. The van der Waals surface area contributed by atoms with Crippen molar-refractivity contribution in [3.8, 4) is 0 Å². The molecule has 0 spiro atoms. The highest BCUT2D eigenvalue weighted by Gasteiger charge is 2.55. The summed E-state index contributed by atoms with van der Waals surface area (Å²) in [6, 6.07) is 7.31. The average molecular weight is 356 g/mol. The summed E-state index contributed by atoms with van der Waals surface area (Å²) in [5.41, 5.74) is 1.07. The number of amides is 2. The smallest absolute Gasteiger partial charge is 0.318 e. The minimum absolute atomic E-state index is 0.0639. The molecule has 0 bridgehead atoms. The Morgan fingerprint density at radius 2 is 2.15 bits per heavy atom. The number of urea groups is 1. The molecule has 1 aromatic heterocycles. The van der Waals surface area contributed by atoms with Crippen LogP contribution in [0.2, 0.25) is 0 Å². The lowest BCUT2D eigenvalue weighted by molar-refractivity contribution is -0.149. The van der Waals surface area contributed by atoms with Gasteiger partial charge in [-0.25, -0.2) is 4.79 Å². The Bertz CT molecular complexity index is 874. The molecule has 2 aliphatic rings. The number of aryl methyl sites for hydroxylation is 1. The fourth-order valence-corrected chi connectivity index (χ4v) is 4.74. The van der Waals surface area contributed by atoms with Crippen molar-refractivity contribution in [2.75, 3.05) is 13.1 Å². The van der Waals surface area contributed by atoms with Gasteiger partial charge in [-0.1, -0.05) is 24.6 Å². The Morgan fingerprint density at radius 3 is 2.85 bits per heavy atom. The molecule has 1 saturated carbocycles. The number of carboxylic acid groups (broad SMARTS) is 1. The number of rotatable bonds is 3. The van der Waals surface area contributed by atoms with E-state index < -0.39 is 11.4 Å². The van der Waals surface area contributed by atoms with Crippen LogP contribution in [0, 0.1) is 18.3 Å². The van der Waals surface area contributed by atoms with Crippen molar-refractivity contribution in [2.24, 2.45) is 11.3 Å². The van der Waals surface area contributed by atoms with E-state index in [9.17, 15) is 14.7 Å². The number of benzene rings is 1. The van der Waals surface area contributed by atoms with Crippen molar-refractivity contribution in [3.63, 3.8) is 0 Å². The van der Waals surface area contributed by atoms with Crippen LogP contribution in [0.3, 0.4) is 0 Å². The normalized spacial score (nSPS) is 26.1. The lowest BCUT2D eigenvalue weighted by Crippen LogP contribution is -2.42. The number of carboxylic acids is 1. The Balaban J connectivity index is 1.50. The van der Waals surface area contributed by atoms with Gasteiger partial charge in [0.1, 0.15) is 11.3 Å². The molecule has 1 aromatic carbocycles. The second kappa shape index (κ2) is 6.04. The van der Waals surface area contributed by atoms with Gasteiger partial charge in [0.15, 0.2) is 0 Å². The SMILES string of the molecule is Cc1c(C(C)NC(=O)N2C[C@@H]3CCC[C@@]3(C(=O)O)C2)oc2ccccc12. The first-order valence-corrected chi connectivity index (χ1v) is 9.19. The number of nitrogens with zero attached hydrogens (tertiary/aromatic N) is 1. The minimum Gasteiger partial charge on any atom is -0.481 e. The van der Waals surface area contributed by atoms with Gasteiger partial charge in [0.2, 0.25) is 0 Å². The maximum atomic E-state index is 12.7. The number of likely N-dealkylation sites (tertiary alicyclic amines) is 1. The minimum atomic E-state index is -0.767. The van der Waals surface area contributed by atoms with E-state index in [4.69, 9.17) is 4.42 Å². The molecule has 6 heteroatoms. The predicted molar refractivity (Wildman–Crippen MR) is 96.9 cm³/mol. The number of furan rings is 1. The number of aliphatic carboxylic acids is 1. The summed E-state index contributed by atoms with van der Waals surface area (Å²) in [6.07, 6.45) is 2.48. The zero-order valence-corrected chi connectivity index (χ0v) is 15.1. The molecule has 4 rings (SSSR count). The maximum Gasteiger partial charge on any atom is 0.318 e. The molecule has 2 amide bonds. The number of fused-ring (bicyclic) bond motifs is 2. The second-order valence-electron chi connectivity index (χ2n) is 7.69. The summed E-state index contributed by atoms with van der Waals surface area (Å²) >= 11 is 0. The van der Waals surface area contributed by atoms with Crippen molar-refractivity contribution in [1.29, 1.82) is 0 Å². The number of hydrogen-bond acceptors (Lipinski definition) is 3. The molecule has 1 unspecified atom stereocenters. The van der Waals surface area contributed by atoms with Gasteiger partial charge in [-0.15, -0.1) is 0 Å². The molecule has 3 atom stereocenters. The fraction of sp³-hybridized carbons (Fsp3) is 0.500. The summed E-state index contributed by atoms with van der Waals surface area (Å²) in [4.78, 5) is 26.2. The van der Waals surface area contributed by atoms with Gasteiger partial charge >= 0.3 is 12.0 Å². The number of nitrogens with one attached hydrogen (secondary N) is 1. The van der Waals surface area contributed by atoms with E-state index in [0.29, 0.717) is 19.5 Å². The molecule has 0 radical (unpaired) electrons. The van der Waals surface area contributed by atoms with Crippen molar-refractivity contribution in [1.82, 2.24) is 10.2 Å². The molecule has 2 fully saturated rings. The molecule has 1 aliphatic carbocycles. The van der Waals surface area contributed by atoms with Gasteiger partial charge in [0.25, 0.3) is 0 Å². The molecule has 2 aromatic rings. The van der Waals surface area contributed by atoms with Gasteiger partial charge in [0.05, 0.1) is 11.5 Å². The molecule has 1 saturated heterocycles. The first-order chi connectivity index (χ1) is 12.4. The summed E-state index contributed by atoms with van der Waals surface area (Å²) in [5.74, 6) is 0.0392. The van der Waals surface area contributed by atoms with Crippen molar-refractivity contribution in [2.45, 2.75) is 39.2 Å².